The monoisotopic (exact) mass is 292 g/mol. The van der Waals surface area contributed by atoms with Gasteiger partial charge in [0, 0.05) is 17.8 Å². The molecule has 0 saturated heterocycles. The van der Waals surface area contributed by atoms with Crippen molar-refractivity contribution in [1.29, 1.82) is 0 Å². The minimum Gasteiger partial charge on any atom is -0.399 e. The fourth-order valence-electron chi connectivity index (χ4n) is 1.55. The zero-order valence-corrected chi connectivity index (χ0v) is 12.1. The SMILES string of the molecule is CC(C)c1nccc(NS(=O)(=O)c2ccc(N)cc2)n1. The van der Waals surface area contributed by atoms with E-state index in [1.807, 2.05) is 13.8 Å². The first-order valence-electron chi connectivity index (χ1n) is 6.10. The highest BCUT2D eigenvalue weighted by molar-refractivity contribution is 7.92. The van der Waals surface area contributed by atoms with E-state index in [-0.39, 0.29) is 16.6 Å². The number of nitrogens with two attached hydrogens (primary N) is 1. The van der Waals surface area contributed by atoms with Crippen LogP contribution in [0.15, 0.2) is 41.4 Å². The summed E-state index contributed by atoms with van der Waals surface area (Å²) in [6.07, 6.45) is 1.53. The van der Waals surface area contributed by atoms with E-state index >= 15 is 0 Å². The minimum atomic E-state index is -3.67. The first-order valence-corrected chi connectivity index (χ1v) is 7.58. The summed E-state index contributed by atoms with van der Waals surface area (Å²) in [6, 6.07) is 7.48. The molecular formula is C13H16N4O2S. The van der Waals surface area contributed by atoms with Gasteiger partial charge in [-0.1, -0.05) is 13.8 Å². The molecule has 0 unspecified atom stereocenters. The minimum absolute atomic E-state index is 0.121. The van der Waals surface area contributed by atoms with Crippen LogP contribution in [0, 0.1) is 0 Å². The Balaban J connectivity index is 2.28. The standard InChI is InChI=1S/C13H16N4O2S/c1-9(2)13-15-8-7-12(16-13)17-20(18,19)11-5-3-10(14)4-6-11/h3-9H,14H2,1-2H3,(H,15,16,17). The van der Waals surface area contributed by atoms with Crippen LogP contribution in [0.5, 0.6) is 0 Å². The molecule has 0 aliphatic heterocycles. The zero-order valence-electron chi connectivity index (χ0n) is 11.2. The second-order valence-electron chi connectivity index (χ2n) is 4.63. The van der Waals surface area contributed by atoms with Crippen LogP contribution in [0.1, 0.15) is 25.6 Å². The lowest BCUT2D eigenvalue weighted by Crippen LogP contribution is -2.15. The summed E-state index contributed by atoms with van der Waals surface area (Å²) in [6.45, 7) is 3.88. The van der Waals surface area contributed by atoms with E-state index in [9.17, 15) is 8.42 Å². The molecule has 1 aromatic carbocycles. The zero-order chi connectivity index (χ0) is 14.8. The van der Waals surface area contributed by atoms with Gasteiger partial charge < -0.3 is 5.73 Å². The predicted molar refractivity (Wildman–Crippen MR) is 77.8 cm³/mol. The third kappa shape index (κ3) is 3.24. The van der Waals surface area contributed by atoms with Gasteiger partial charge in [0.05, 0.1) is 4.90 Å². The molecule has 6 nitrogen and oxygen atoms in total. The van der Waals surface area contributed by atoms with Crippen molar-refractivity contribution in [3.8, 4) is 0 Å². The largest absolute Gasteiger partial charge is 0.399 e. The maximum Gasteiger partial charge on any atom is 0.263 e. The lowest BCUT2D eigenvalue weighted by Gasteiger charge is -2.09. The molecule has 20 heavy (non-hydrogen) atoms. The van der Waals surface area contributed by atoms with Crippen molar-refractivity contribution >= 4 is 21.5 Å². The van der Waals surface area contributed by atoms with Gasteiger partial charge in [-0.15, -0.1) is 0 Å². The second-order valence-corrected chi connectivity index (χ2v) is 6.31. The Bertz CT molecular complexity index is 697. The van der Waals surface area contributed by atoms with E-state index < -0.39 is 10.0 Å². The molecule has 0 saturated carbocycles. The summed E-state index contributed by atoms with van der Waals surface area (Å²) in [5, 5.41) is 0. The molecule has 1 aromatic heterocycles. The number of aromatic nitrogens is 2. The van der Waals surface area contributed by atoms with Gasteiger partial charge >= 0.3 is 0 Å². The Hall–Kier alpha value is -2.15. The van der Waals surface area contributed by atoms with Gasteiger partial charge in [-0.2, -0.15) is 0 Å². The van der Waals surface area contributed by atoms with Crippen LogP contribution in [0.4, 0.5) is 11.5 Å². The number of anilines is 2. The summed E-state index contributed by atoms with van der Waals surface area (Å²) in [7, 11) is -3.67. The molecule has 0 aliphatic carbocycles. The molecule has 2 aromatic rings. The van der Waals surface area contributed by atoms with Crippen molar-refractivity contribution in [2.24, 2.45) is 0 Å². The van der Waals surface area contributed by atoms with Crippen molar-refractivity contribution < 1.29 is 8.42 Å². The van der Waals surface area contributed by atoms with Crippen LogP contribution in [0.3, 0.4) is 0 Å². The van der Waals surface area contributed by atoms with E-state index in [4.69, 9.17) is 5.73 Å². The maximum atomic E-state index is 12.2. The number of nitrogens with zero attached hydrogens (tertiary/aromatic N) is 2. The Morgan fingerprint density at radius 3 is 2.40 bits per heavy atom. The molecule has 3 N–H and O–H groups in total. The Morgan fingerprint density at radius 2 is 1.80 bits per heavy atom. The van der Waals surface area contributed by atoms with Gasteiger partial charge in [-0.25, -0.2) is 18.4 Å². The molecule has 7 heteroatoms. The summed E-state index contributed by atoms with van der Waals surface area (Å²) in [4.78, 5) is 8.40. The van der Waals surface area contributed by atoms with Crippen LogP contribution in [-0.4, -0.2) is 18.4 Å². The third-order valence-electron chi connectivity index (χ3n) is 2.62. The molecule has 0 fully saturated rings. The fraction of sp³-hybridized carbons (Fsp3) is 0.231. The van der Waals surface area contributed by atoms with Crippen molar-refractivity contribution in [2.45, 2.75) is 24.7 Å². The van der Waals surface area contributed by atoms with Crippen molar-refractivity contribution in [3.05, 3.63) is 42.4 Å². The number of benzene rings is 1. The van der Waals surface area contributed by atoms with E-state index in [2.05, 4.69) is 14.7 Å². The Morgan fingerprint density at radius 1 is 1.15 bits per heavy atom. The average molecular weight is 292 g/mol. The molecule has 0 bridgehead atoms. The van der Waals surface area contributed by atoms with Crippen molar-refractivity contribution in [2.75, 3.05) is 10.5 Å². The maximum absolute atomic E-state index is 12.2. The van der Waals surface area contributed by atoms with Gasteiger partial charge in [0.1, 0.15) is 11.6 Å². The van der Waals surface area contributed by atoms with Gasteiger partial charge in [-0.05, 0) is 30.3 Å². The fourth-order valence-corrected chi connectivity index (χ4v) is 2.55. The topological polar surface area (TPSA) is 98.0 Å². The predicted octanol–water partition coefficient (Wildman–Crippen LogP) is 1.98. The van der Waals surface area contributed by atoms with Crippen molar-refractivity contribution in [1.82, 2.24) is 9.97 Å². The molecule has 2 rings (SSSR count). The molecule has 1 heterocycles. The van der Waals surface area contributed by atoms with Crippen molar-refractivity contribution in [3.63, 3.8) is 0 Å². The number of hydrogen-bond acceptors (Lipinski definition) is 5. The highest BCUT2D eigenvalue weighted by Crippen LogP contribution is 2.17. The number of hydrogen-bond donors (Lipinski definition) is 2. The smallest absolute Gasteiger partial charge is 0.263 e. The highest BCUT2D eigenvalue weighted by atomic mass is 32.2. The van der Waals surface area contributed by atoms with Crippen LogP contribution >= 0.6 is 0 Å². The first-order chi connectivity index (χ1) is 9.38. The summed E-state index contributed by atoms with van der Waals surface area (Å²) < 4.78 is 26.8. The van der Waals surface area contributed by atoms with E-state index in [1.54, 1.807) is 0 Å². The van der Waals surface area contributed by atoms with E-state index in [0.717, 1.165) is 0 Å². The summed E-state index contributed by atoms with van der Waals surface area (Å²) in [5.41, 5.74) is 6.05. The Kier molecular flexibility index (Phi) is 3.89. The molecule has 0 spiro atoms. The average Bonchev–Trinajstić information content (AvgIpc) is 2.39. The number of sulfonamides is 1. The normalized spacial score (nSPS) is 11.6. The second kappa shape index (κ2) is 5.46. The molecule has 0 radical (unpaired) electrons. The van der Waals surface area contributed by atoms with Gasteiger partial charge in [0.15, 0.2) is 0 Å². The Labute approximate surface area is 118 Å². The van der Waals surface area contributed by atoms with Crippen LogP contribution in [0.25, 0.3) is 0 Å². The van der Waals surface area contributed by atoms with Crippen LogP contribution in [-0.2, 0) is 10.0 Å². The quantitative estimate of drug-likeness (QED) is 0.840. The number of nitrogens with one attached hydrogen (secondary N) is 1. The van der Waals surface area contributed by atoms with Gasteiger partial charge in [-0.3, -0.25) is 4.72 Å². The molecule has 106 valence electrons. The number of nitrogen functional groups attached to an aromatic ring is 1. The third-order valence-corrected chi connectivity index (χ3v) is 3.99. The summed E-state index contributed by atoms with van der Waals surface area (Å²) in [5.74, 6) is 0.957. The van der Waals surface area contributed by atoms with Crippen LogP contribution in [0.2, 0.25) is 0 Å². The number of rotatable bonds is 4. The molecular weight excluding hydrogens is 276 g/mol. The lowest BCUT2D eigenvalue weighted by molar-refractivity contribution is 0.601. The van der Waals surface area contributed by atoms with E-state index in [1.165, 1.54) is 36.5 Å². The van der Waals surface area contributed by atoms with Gasteiger partial charge in [0.25, 0.3) is 10.0 Å². The van der Waals surface area contributed by atoms with Crippen LogP contribution < -0.4 is 10.5 Å². The summed E-state index contributed by atoms with van der Waals surface area (Å²) >= 11 is 0. The first kappa shape index (κ1) is 14.3. The van der Waals surface area contributed by atoms with Gasteiger partial charge in [0.2, 0.25) is 0 Å². The molecule has 0 aliphatic rings. The lowest BCUT2D eigenvalue weighted by atomic mass is 10.2. The van der Waals surface area contributed by atoms with E-state index in [0.29, 0.717) is 11.5 Å². The highest BCUT2D eigenvalue weighted by Gasteiger charge is 2.15. The molecule has 0 atom stereocenters. The molecule has 0 amide bonds.